The molecule has 0 saturated heterocycles. The number of hydrogen-bond donors (Lipinski definition) is 1. The Kier molecular flexibility index (Phi) is 6.43. The van der Waals surface area contributed by atoms with Crippen LogP contribution < -0.4 is 10.9 Å². The molecule has 0 unspecified atom stereocenters. The quantitative estimate of drug-likeness (QED) is 0.337. The molecule has 1 N–H and O–H groups in total. The fraction of sp³-hybridized carbons (Fsp3) is 0.227. The van der Waals surface area contributed by atoms with E-state index in [0.717, 1.165) is 5.56 Å². The van der Waals surface area contributed by atoms with Gasteiger partial charge in [-0.25, -0.2) is 4.98 Å². The molecule has 0 aliphatic carbocycles. The highest BCUT2D eigenvalue weighted by atomic mass is 32.2. The van der Waals surface area contributed by atoms with E-state index in [1.807, 2.05) is 62.4 Å². The van der Waals surface area contributed by atoms with Gasteiger partial charge in [0.15, 0.2) is 5.16 Å². The molecule has 2 aromatic carbocycles. The number of para-hydroxylation sites is 1. The summed E-state index contributed by atoms with van der Waals surface area (Å²) < 4.78 is 1.70. The average molecular weight is 452 g/mol. The van der Waals surface area contributed by atoms with E-state index < -0.39 is 0 Å². The Bertz CT molecular complexity index is 1270. The van der Waals surface area contributed by atoms with Gasteiger partial charge in [-0.2, -0.15) is 0 Å². The number of nitrogens with zero attached hydrogens (tertiary/aromatic N) is 4. The molecular weight excluding hydrogens is 430 g/mol. The SMILES string of the molecule is CC(C)n1c(SCc2nnc(C(=O)NCc3ccccc3)s2)nc2ccccc2c1=O. The first-order valence-corrected chi connectivity index (χ1v) is 11.6. The summed E-state index contributed by atoms with van der Waals surface area (Å²) in [5.74, 6) is 0.224. The first-order chi connectivity index (χ1) is 15.0. The van der Waals surface area contributed by atoms with Gasteiger partial charge in [-0.3, -0.25) is 14.2 Å². The van der Waals surface area contributed by atoms with Crippen LogP contribution in [0.25, 0.3) is 10.9 Å². The van der Waals surface area contributed by atoms with Gasteiger partial charge in [0.1, 0.15) is 5.01 Å². The topological polar surface area (TPSA) is 89.8 Å². The van der Waals surface area contributed by atoms with Gasteiger partial charge in [-0.1, -0.05) is 65.6 Å². The third kappa shape index (κ3) is 4.83. The van der Waals surface area contributed by atoms with Crippen LogP contribution in [-0.2, 0) is 12.3 Å². The second-order valence-corrected chi connectivity index (χ2v) is 9.14. The Balaban J connectivity index is 1.47. The summed E-state index contributed by atoms with van der Waals surface area (Å²) in [5.41, 5.74) is 1.64. The first kappa shape index (κ1) is 21.2. The molecule has 9 heteroatoms. The number of benzene rings is 2. The van der Waals surface area contributed by atoms with Crippen LogP contribution in [0.15, 0.2) is 64.5 Å². The second kappa shape index (κ2) is 9.40. The van der Waals surface area contributed by atoms with Crippen molar-refractivity contribution in [2.24, 2.45) is 0 Å². The number of hydrogen-bond acceptors (Lipinski definition) is 7. The van der Waals surface area contributed by atoms with E-state index in [1.165, 1.54) is 23.1 Å². The maximum atomic E-state index is 12.9. The van der Waals surface area contributed by atoms with Crippen molar-refractivity contribution >= 4 is 39.9 Å². The molecule has 0 spiro atoms. The lowest BCUT2D eigenvalue weighted by atomic mass is 10.2. The lowest BCUT2D eigenvalue weighted by Gasteiger charge is -2.15. The zero-order valence-corrected chi connectivity index (χ0v) is 18.7. The van der Waals surface area contributed by atoms with Crippen molar-refractivity contribution in [1.29, 1.82) is 0 Å². The zero-order chi connectivity index (χ0) is 21.8. The van der Waals surface area contributed by atoms with Gasteiger partial charge in [0, 0.05) is 12.6 Å². The summed E-state index contributed by atoms with van der Waals surface area (Å²) in [5, 5.41) is 13.3. The molecule has 2 heterocycles. The smallest absolute Gasteiger partial charge is 0.282 e. The number of aromatic nitrogens is 4. The molecule has 0 fully saturated rings. The Morgan fingerprint density at radius 3 is 2.61 bits per heavy atom. The lowest BCUT2D eigenvalue weighted by molar-refractivity contribution is 0.0950. The molecular formula is C22H21N5O2S2. The van der Waals surface area contributed by atoms with Crippen molar-refractivity contribution in [3.63, 3.8) is 0 Å². The number of carbonyl (C=O) groups excluding carboxylic acids is 1. The molecule has 31 heavy (non-hydrogen) atoms. The standard InChI is InChI=1S/C22H21N5O2S2/c1-14(2)27-21(29)16-10-6-7-11-17(16)24-22(27)30-13-18-25-26-20(31-18)19(28)23-12-15-8-4-3-5-9-15/h3-11,14H,12-13H2,1-2H3,(H,23,28). The molecule has 0 atom stereocenters. The fourth-order valence-corrected chi connectivity index (χ4v) is 4.94. The minimum atomic E-state index is -0.250. The van der Waals surface area contributed by atoms with Crippen LogP contribution in [0.3, 0.4) is 0 Å². The molecule has 0 aliphatic heterocycles. The highest BCUT2D eigenvalue weighted by Crippen LogP contribution is 2.25. The Hall–Kier alpha value is -3.04. The number of carbonyl (C=O) groups is 1. The van der Waals surface area contributed by atoms with E-state index in [0.29, 0.717) is 38.4 Å². The van der Waals surface area contributed by atoms with Crippen molar-refractivity contribution in [2.75, 3.05) is 0 Å². The summed E-state index contributed by atoms with van der Waals surface area (Å²) in [7, 11) is 0. The largest absolute Gasteiger partial charge is 0.346 e. The minimum Gasteiger partial charge on any atom is -0.346 e. The van der Waals surface area contributed by atoms with Gasteiger partial charge in [0.05, 0.1) is 16.7 Å². The van der Waals surface area contributed by atoms with E-state index in [4.69, 9.17) is 0 Å². The van der Waals surface area contributed by atoms with Crippen LogP contribution in [0.2, 0.25) is 0 Å². The number of rotatable bonds is 7. The van der Waals surface area contributed by atoms with Crippen LogP contribution in [0.4, 0.5) is 0 Å². The molecule has 4 aromatic rings. The molecule has 1 amide bonds. The first-order valence-electron chi connectivity index (χ1n) is 9.81. The summed E-state index contributed by atoms with van der Waals surface area (Å²) in [6.07, 6.45) is 0. The van der Waals surface area contributed by atoms with E-state index in [9.17, 15) is 9.59 Å². The van der Waals surface area contributed by atoms with Crippen LogP contribution in [0, 0.1) is 0 Å². The summed E-state index contributed by atoms with van der Waals surface area (Å²) >= 11 is 2.67. The van der Waals surface area contributed by atoms with Crippen molar-refractivity contribution in [3.05, 3.63) is 80.5 Å². The van der Waals surface area contributed by atoms with Gasteiger partial charge < -0.3 is 5.32 Å². The average Bonchev–Trinajstić information content (AvgIpc) is 3.26. The molecule has 2 aromatic heterocycles. The second-order valence-electron chi connectivity index (χ2n) is 7.14. The number of amides is 1. The van der Waals surface area contributed by atoms with E-state index >= 15 is 0 Å². The van der Waals surface area contributed by atoms with E-state index in [2.05, 4.69) is 20.5 Å². The van der Waals surface area contributed by atoms with Crippen molar-refractivity contribution in [2.45, 2.75) is 37.3 Å². The van der Waals surface area contributed by atoms with Gasteiger partial charge in [-0.15, -0.1) is 10.2 Å². The van der Waals surface area contributed by atoms with Gasteiger partial charge in [-0.05, 0) is 31.5 Å². The molecule has 158 valence electrons. The van der Waals surface area contributed by atoms with Gasteiger partial charge in [0.25, 0.3) is 11.5 Å². The monoisotopic (exact) mass is 451 g/mol. The number of thioether (sulfide) groups is 1. The molecule has 4 rings (SSSR count). The van der Waals surface area contributed by atoms with E-state index in [-0.39, 0.29) is 17.5 Å². The normalized spacial score (nSPS) is 11.2. The summed E-state index contributed by atoms with van der Waals surface area (Å²) in [6.45, 7) is 4.36. The molecule has 0 saturated carbocycles. The van der Waals surface area contributed by atoms with Crippen molar-refractivity contribution < 1.29 is 4.79 Å². The molecule has 7 nitrogen and oxygen atoms in total. The maximum absolute atomic E-state index is 12.9. The molecule has 0 radical (unpaired) electrons. The molecule has 0 bridgehead atoms. The predicted octanol–water partition coefficient (Wildman–Crippen LogP) is 4.05. The van der Waals surface area contributed by atoms with Gasteiger partial charge >= 0.3 is 0 Å². The predicted molar refractivity (Wildman–Crippen MR) is 123 cm³/mol. The van der Waals surface area contributed by atoms with Crippen molar-refractivity contribution in [3.8, 4) is 0 Å². The van der Waals surface area contributed by atoms with Gasteiger partial charge in [0.2, 0.25) is 5.01 Å². The summed E-state index contributed by atoms with van der Waals surface area (Å²) in [6, 6.07) is 17.0. The minimum absolute atomic E-state index is 0.0270. The summed E-state index contributed by atoms with van der Waals surface area (Å²) in [4.78, 5) is 30.0. The van der Waals surface area contributed by atoms with Crippen LogP contribution in [0.5, 0.6) is 0 Å². The Morgan fingerprint density at radius 2 is 1.84 bits per heavy atom. The molecule has 0 aliphatic rings. The highest BCUT2D eigenvalue weighted by Gasteiger charge is 2.16. The van der Waals surface area contributed by atoms with E-state index in [1.54, 1.807) is 10.6 Å². The number of fused-ring (bicyclic) bond motifs is 1. The lowest BCUT2D eigenvalue weighted by Crippen LogP contribution is -2.25. The Labute approximate surface area is 187 Å². The van der Waals surface area contributed by atoms with Crippen LogP contribution >= 0.6 is 23.1 Å². The third-order valence-electron chi connectivity index (χ3n) is 4.57. The maximum Gasteiger partial charge on any atom is 0.282 e. The fourth-order valence-electron chi connectivity index (χ4n) is 3.07. The highest BCUT2D eigenvalue weighted by molar-refractivity contribution is 7.98. The zero-order valence-electron chi connectivity index (χ0n) is 17.1. The van der Waals surface area contributed by atoms with Crippen molar-refractivity contribution in [1.82, 2.24) is 25.1 Å². The Morgan fingerprint density at radius 1 is 1.10 bits per heavy atom. The third-order valence-corrected chi connectivity index (χ3v) is 6.64. The van der Waals surface area contributed by atoms with Crippen LogP contribution in [0.1, 0.15) is 40.3 Å². The number of nitrogens with one attached hydrogen (secondary N) is 1. The van der Waals surface area contributed by atoms with Crippen LogP contribution in [-0.4, -0.2) is 25.7 Å².